The summed E-state index contributed by atoms with van der Waals surface area (Å²) in [5.74, 6) is -16.5. The number of nitrogens with one attached hydrogen (secondary N) is 6. The summed E-state index contributed by atoms with van der Waals surface area (Å²) in [6.45, 7) is 17.1. The van der Waals surface area contributed by atoms with E-state index in [1.54, 1.807) is 30.2 Å². The van der Waals surface area contributed by atoms with Gasteiger partial charge in [0.15, 0.2) is 0 Å². The number of halogens is 14. The zero-order valence-corrected chi connectivity index (χ0v) is 81.8. The standard InChI is InChI=1S/C24H29ClN4O2.C21H28ClN3O.C20H18ClF3N4O2.C18H19ClF3N3O2.C16H17ClF3N3O3/c1-15-4-6-19(7-5-15)27-23(31)29-10-8-17(9-11-29)24(2,3)22(30)20-13-18(25)12-16-14-26-28-21(16)20;1-12(19-10-16(22)7-14-11-23-24-20(14)19)21(3,4)15-8-17-5-6-18(9-15)25(17)13(2)26;21-14-8-12-10-26-27-17(12)15(16(14)22)18(29)20(23,24)13-3-6-28(7-4-13)19(30)11-2-1-5-25-9-11;19-12-7-10-8-23-24-15(10)13(14(12)20)16(26)18(21,22)11-3-5-25(6-4-11)17(27)9-1-2-9;1-26-15(25)23-4-2-9(3-5-23)16(19,20)14(24)11-12(18)10(17)6-8-7-21-22-13(8)11/h4-7,12-14,17,22,30H,8-11H2,1-3H3,(H,26,28)(H,27,31);7,10-12,15,17-18H,5-6,8-9H2,1-4H3,(H,23,24);1-2,5,8-10,13,18,29H,3-4,6-7H2,(H,26,27);7-9,11,16,26H,1-6H2,(H,23,24);6-7,9,14,24H,2-5H2,1H3,(H,21,22)/t22-;12?,15?,17-,18+;;;/m0..../s1. The Morgan fingerprint density at radius 2 is 0.836 bits per heavy atom. The molecule has 0 radical (unpaired) electrons. The minimum absolute atomic E-state index is 0.00502. The van der Waals surface area contributed by atoms with Gasteiger partial charge in [0.05, 0.1) is 92.4 Å². The number of aliphatic hydroxyl groups excluding tert-OH is 4. The summed E-state index contributed by atoms with van der Waals surface area (Å²) in [5, 5.41) is 81.7. The van der Waals surface area contributed by atoms with E-state index in [1.807, 2.05) is 60.5 Å². The van der Waals surface area contributed by atoms with Crippen LogP contribution in [0.3, 0.4) is 0 Å². The van der Waals surface area contributed by atoms with Gasteiger partial charge < -0.3 is 55.0 Å². The number of anilines is 1. The van der Waals surface area contributed by atoms with Gasteiger partial charge in [-0.25, -0.2) is 49.1 Å². The van der Waals surface area contributed by atoms with Crippen molar-refractivity contribution in [2.24, 2.45) is 46.3 Å². The minimum atomic E-state index is -3.63. The van der Waals surface area contributed by atoms with Crippen LogP contribution in [0.4, 0.5) is 54.8 Å². The molecule has 6 amide bonds. The van der Waals surface area contributed by atoms with Crippen LogP contribution in [-0.2, 0) is 14.3 Å². The fourth-order valence-corrected chi connectivity index (χ4v) is 22.1. The van der Waals surface area contributed by atoms with Crippen LogP contribution in [-0.4, -0.2) is 220 Å². The molecule has 1 saturated carbocycles. The van der Waals surface area contributed by atoms with Crippen LogP contribution in [0.25, 0.3) is 54.5 Å². The van der Waals surface area contributed by atoms with Crippen LogP contribution < -0.4 is 5.32 Å². The van der Waals surface area contributed by atoms with Crippen molar-refractivity contribution in [3.8, 4) is 0 Å². The second-order valence-corrected chi connectivity index (χ2v) is 41.0. The van der Waals surface area contributed by atoms with Gasteiger partial charge in [0.2, 0.25) is 11.8 Å². The first kappa shape index (κ1) is 104. The number of nitrogens with zero attached hydrogens (tertiary/aromatic N) is 11. The van der Waals surface area contributed by atoms with Gasteiger partial charge in [0.25, 0.3) is 23.7 Å². The van der Waals surface area contributed by atoms with Crippen LogP contribution in [0.5, 0.6) is 0 Å². The molecule has 12 aromatic rings. The molecular weight excluding hydrogens is 1940 g/mol. The normalized spacial score (nSPS) is 19.4. The molecule has 5 unspecified atom stereocenters. The average Bonchev–Trinajstić information content (AvgIpc) is 1.56. The molecule has 6 saturated heterocycles. The maximum absolute atomic E-state index is 15.2. The van der Waals surface area contributed by atoms with E-state index in [9.17, 15) is 66.4 Å². The van der Waals surface area contributed by atoms with Gasteiger partial charge in [0.1, 0.15) is 35.8 Å². The van der Waals surface area contributed by atoms with Gasteiger partial charge >= 0.3 is 12.1 Å². The predicted octanol–water partition coefficient (Wildman–Crippen LogP) is 21.8. The molecule has 750 valence electrons. The Bertz CT molecular complexity index is 6440. The lowest BCUT2D eigenvalue weighted by molar-refractivity contribution is -0.165. The van der Waals surface area contributed by atoms with Crippen molar-refractivity contribution in [2.75, 3.05) is 64.8 Å². The number of aromatic nitrogens is 11. The monoisotopic (exact) mass is 2040 g/mol. The molecule has 2 bridgehead atoms. The number of pyridine rings is 1. The second-order valence-electron chi connectivity index (χ2n) is 38.9. The number of hydrogen-bond donors (Lipinski definition) is 10. The lowest BCUT2D eigenvalue weighted by Gasteiger charge is -2.47. The summed E-state index contributed by atoms with van der Waals surface area (Å²) < 4.78 is 138. The first-order valence-corrected chi connectivity index (χ1v) is 48.6. The molecule has 140 heavy (non-hydrogen) atoms. The molecule has 19 rings (SSSR count). The molecule has 6 aromatic carbocycles. The number of carbonyl (C=O) groups is 5. The fraction of sp³-hybridized carbons (Fsp3) is 0.485. The summed E-state index contributed by atoms with van der Waals surface area (Å²) >= 11 is 30.1. The SMILES string of the molecule is CC(=O)N1[C@@H]2CC[C@H]1CC(C(C)(C)C(C)c1cc(Cl)cc3cn[nH]c13)C2.COC(=O)N1CCC(C(F)(F)C(O)c2c(F)c(Cl)cc3cn[nH]c23)CC1.Cc1ccc(NC(=O)N2CCC(C(C)(C)[C@@H](O)c3cc(Cl)cc4cn[nH]c34)CC2)cc1.O=C(C1CC1)N1CCC(C(F)(F)C(O)c2c(F)c(Cl)cc3cn[nH]c23)CC1.O=C(c1cccnc1)N1CCC(C(F)(F)C(O)c2c(F)c(Cl)cc3cn[nH]c23)CC1. The number of aliphatic hydroxyl groups is 4. The Kier molecular flexibility index (Phi) is 31.5. The Labute approximate surface area is 825 Å². The highest BCUT2D eigenvalue weighted by molar-refractivity contribution is 6.33. The predicted molar refractivity (Wildman–Crippen MR) is 514 cm³/mol. The molecule has 8 atom stereocenters. The number of aromatic amines is 5. The van der Waals surface area contributed by atoms with Crippen LogP contribution in [0.15, 0.2) is 122 Å². The summed E-state index contributed by atoms with van der Waals surface area (Å²) in [5.41, 5.74) is 4.19. The number of likely N-dealkylation sites (tertiary alicyclic amines) is 4. The van der Waals surface area contributed by atoms with Gasteiger partial charge in [-0.1, -0.05) is 110 Å². The van der Waals surface area contributed by atoms with E-state index >= 15 is 17.6 Å². The van der Waals surface area contributed by atoms with Gasteiger partial charge in [-0.05, 0) is 198 Å². The van der Waals surface area contributed by atoms with Crippen LogP contribution in [0.1, 0.15) is 206 Å². The molecular formula is C99H111Cl5F9N17O10. The lowest BCUT2D eigenvalue weighted by Crippen LogP contribution is -2.49. The number of aryl methyl sites for hydroxylation is 1. The molecule has 7 aliphatic rings. The average molecular weight is 2050 g/mol. The third-order valence-electron chi connectivity index (χ3n) is 29.9. The maximum atomic E-state index is 15.2. The zero-order chi connectivity index (χ0) is 101. The number of fused-ring (bicyclic) bond motifs is 7. The molecule has 6 aromatic heterocycles. The highest BCUT2D eigenvalue weighted by Gasteiger charge is 2.55. The molecule has 7 fully saturated rings. The molecule has 6 aliphatic heterocycles. The van der Waals surface area contributed by atoms with Gasteiger partial charge in [0, 0.05) is 172 Å². The molecule has 27 nitrogen and oxygen atoms in total. The van der Waals surface area contributed by atoms with E-state index < -0.39 is 100 Å². The van der Waals surface area contributed by atoms with Crippen molar-refractivity contribution in [1.82, 2.24) is 80.5 Å². The van der Waals surface area contributed by atoms with Crippen molar-refractivity contribution < 1.29 is 88.6 Å². The number of rotatable bonds is 18. The third kappa shape index (κ3) is 21.6. The summed E-state index contributed by atoms with van der Waals surface area (Å²) in [6, 6.07) is 23.3. The van der Waals surface area contributed by atoms with E-state index in [0.29, 0.717) is 63.8 Å². The van der Waals surface area contributed by atoms with Gasteiger partial charge in [-0.15, -0.1) is 0 Å². The number of ether oxygens (including phenoxy) is 1. The largest absolute Gasteiger partial charge is 0.453 e. The lowest BCUT2D eigenvalue weighted by atomic mass is 9.63. The summed E-state index contributed by atoms with van der Waals surface area (Å²) in [7, 11) is 1.21. The Balaban J connectivity index is 0.000000133. The second kappa shape index (κ2) is 42.5. The van der Waals surface area contributed by atoms with Crippen LogP contribution >= 0.6 is 58.0 Å². The minimum Gasteiger partial charge on any atom is -0.453 e. The van der Waals surface area contributed by atoms with Crippen molar-refractivity contribution >= 4 is 148 Å². The summed E-state index contributed by atoms with van der Waals surface area (Å²) in [6.07, 6.45) is 9.87. The van der Waals surface area contributed by atoms with Gasteiger partial charge in [-0.3, -0.25) is 44.9 Å². The molecule has 0 spiro atoms. The number of benzene rings is 6. The van der Waals surface area contributed by atoms with Crippen molar-refractivity contribution in [3.63, 3.8) is 0 Å². The van der Waals surface area contributed by atoms with E-state index in [1.165, 1.54) is 71.7 Å². The molecule has 10 N–H and O–H groups in total. The third-order valence-corrected chi connectivity index (χ3v) is 31.1. The number of piperidine rings is 5. The van der Waals surface area contributed by atoms with E-state index in [0.717, 1.165) is 95.0 Å². The molecule has 12 heterocycles. The number of methoxy groups -OCH3 is 1. The van der Waals surface area contributed by atoms with Crippen molar-refractivity contribution in [2.45, 2.75) is 199 Å². The number of hydrogen-bond acceptors (Lipinski definition) is 16. The Morgan fingerprint density at radius 1 is 0.457 bits per heavy atom. The van der Waals surface area contributed by atoms with E-state index in [4.69, 9.17) is 58.0 Å². The maximum Gasteiger partial charge on any atom is 0.409 e. The smallest absolute Gasteiger partial charge is 0.409 e. The molecule has 41 heteroatoms. The van der Waals surface area contributed by atoms with E-state index in [2.05, 4.69) is 112 Å². The van der Waals surface area contributed by atoms with Crippen molar-refractivity contribution in [1.29, 1.82) is 0 Å². The zero-order valence-electron chi connectivity index (χ0n) is 78.1. The number of H-pyrrole nitrogens is 5. The number of carbonyl (C=O) groups excluding carboxylic acids is 5. The number of amides is 6. The summed E-state index contributed by atoms with van der Waals surface area (Å²) in [4.78, 5) is 73.0. The fourth-order valence-electron chi connectivity index (χ4n) is 21.0. The highest BCUT2D eigenvalue weighted by atomic mass is 35.5. The topological polar surface area (TPSA) is 360 Å². The van der Waals surface area contributed by atoms with E-state index in [-0.39, 0.29) is 156 Å². The van der Waals surface area contributed by atoms with Gasteiger partial charge in [-0.2, -0.15) is 25.5 Å². The Hall–Kier alpha value is -10.6. The number of alkyl halides is 6. The first-order valence-electron chi connectivity index (χ1n) is 46.7. The highest BCUT2D eigenvalue weighted by Crippen LogP contribution is 2.55. The first-order chi connectivity index (χ1) is 66.4. The molecule has 1 aliphatic carbocycles. The van der Waals surface area contributed by atoms with Crippen LogP contribution in [0, 0.1) is 70.7 Å². The van der Waals surface area contributed by atoms with Crippen molar-refractivity contribution in [3.05, 3.63) is 204 Å². The quantitative estimate of drug-likeness (QED) is 0.0357. The Morgan fingerprint density at radius 3 is 1.24 bits per heavy atom. The van der Waals surface area contributed by atoms with Crippen LogP contribution in [0.2, 0.25) is 25.1 Å². The number of urea groups is 1.